The molecule has 1 aliphatic heterocycles. The molecule has 5 heteroatoms. The standard InChI is InChI=1S/C13H29N3OSi/c1-13(2,3)18(4,5)17-10-11-6-7-12(15)16(11)9-8-14/h11,15H,6-10,14H2,1-5H3/t11-/m0/s1. The molecule has 1 aliphatic rings. The second-order valence-electron chi connectivity index (χ2n) is 6.69. The molecule has 4 nitrogen and oxygen atoms in total. The second kappa shape index (κ2) is 5.71. The molecule has 0 amide bonds. The maximum atomic E-state index is 7.92. The zero-order chi connectivity index (χ0) is 14.0. The average Bonchev–Trinajstić information content (AvgIpc) is 2.57. The highest BCUT2D eigenvalue weighted by molar-refractivity contribution is 6.74. The first-order valence-electron chi connectivity index (χ1n) is 6.87. The van der Waals surface area contributed by atoms with E-state index in [0.29, 0.717) is 12.6 Å². The van der Waals surface area contributed by atoms with Gasteiger partial charge in [0.1, 0.15) is 0 Å². The Bertz CT molecular complexity index is 299. The first kappa shape index (κ1) is 15.7. The predicted molar refractivity (Wildman–Crippen MR) is 79.7 cm³/mol. The molecule has 0 bridgehead atoms. The normalized spacial score (nSPS) is 21.8. The molecular weight excluding hydrogens is 242 g/mol. The van der Waals surface area contributed by atoms with Crippen molar-refractivity contribution >= 4 is 14.2 Å². The van der Waals surface area contributed by atoms with Gasteiger partial charge in [-0.15, -0.1) is 0 Å². The molecule has 1 saturated heterocycles. The largest absolute Gasteiger partial charge is 0.415 e. The van der Waals surface area contributed by atoms with Crippen molar-refractivity contribution in [3.63, 3.8) is 0 Å². The Kier molecular flexibility index (Phi) is 4.97. The molecule has 0 radical (unpaired) electrons. The molecule has 0 aliphatic carbocycles. The monoisotopic (exact) mass is 271 g/mol. The van der Waals surface area contributed by atoms with E-state index in [1.807, 2.05) is 0 Å². The van der Waals surface area contributed by atoms with Crippen molar-refractivity contribution < 1.29 is 4.43 Å². The summed E-state index contributed by atoms with van der Waals surface area (Å²) in [7, 11) is -1.68. The molecular formula is C13H29N3OSi. The lowest BCUT2D eigenvalue weighted by atomic mass is 10.2. The first-order valence-corrected chi connectivity index (χ1v) is 9.78. The summed E-state index contributed by atoms with van der Waals surface area (Å²) in [5, 5.41) is 8.17. The van der Waals surface area contributed by atoms with Gasteiger partial charge in [0, 0.05) is 19.5 Å². The van der Waals surface area contributed by atoms with Crippen LogP contribution < -0.4 is 5.73 Å². The summed E-state index contributed by atoms with van der Waals surface area (Å²) >= 11 is 0. The molecule has 0 saturated carbocycles. The molecule has 3 N–H and O–H groups in total. The van der Waals surface area contributed by atoms with Gasteiger partial charge in [0.05, 0.1) is 18.5 Å². The fraction of sp³-hybridized carbons (Fsp3) is 0.923. The SMILES string of the molecule is CC(C)(C)[Si](C)(C)OC[C@@H]1CCC(=N)N1CCN. The van der Waals surface area contributed by atoms with Crippen LogP contribution in [0, 0.1) is 5.41 Å². The molecule has 0 aromatic carbocycles. The summed E-state index contributed by atoms with van der Waals surface area (Å²) in [4.78, 5) is 2.12. The number of nitrogens with one attached hydrogen (secondary N) is 1. The molecule has 0 aromatic rings. The summed E-state index contributed by atoms with van der Waals surface area (Å²) in [6, 6.07) is 0.357. The average molecular weight is 271 g/mol. The molecule has 0 unspecified atom stereocenters. The van der Waals surface area contributed by atoms with Gasteiger partial charge in [-0.25, -0.2) is 0 Å². The van der Waals surface area contributed by atoms with E-state index in [4.69, 9.17) is 15.6 Å². The van der Waals surface area contributed by atoms with Crippen molar-refractivity contribution in [1.29, 1.82) is 5.41 Å². The van der Waals surface area contributed by atoms with Gasteiger partial charge >= 0.3 is 0 Å². The van der Waals surface area contributed by atoms with Crippen molar-refractivity contribution in [2.45, 2.75) is 57.8 Å². The Morgan fingerprint density at radius 3 is 2.56 bits per heavy atom. The molecule has 106 valence electrons. The summed E-state index contributed by atoms with van der Waals surface area (Å²) in [6.45, 7) is 13.5. The van der Waals surface area contributed by atoms with E-state index >= 15 is 0 Å². The number of nitrogens with two attached hydrogens (primary N) is 1. The minimum atomic E-state index is -1.68. The van der Waals surface area contributed by atoms with Crippen molar-refractivity contribution in [2.24, 2.45) is 5.73 Å². The van der Waals surface area contributed by atoms with Gasteiger partial charge in [-0.2, -0.15) is 0 Å². The number of rotatable bonds is 5. The third kappa shape index (κ3) is 3.55. The van der Waals surface area contributed by atoms with E-state index in [1.165, 1.54) is 0 Å². The van der Waals surface area contributed by atoms with Crippen LogP contribution in [0.2, 0.25) is 18.1 Å². The van der Waals surface area contributed by atoms with Crippen molar-refractivity contribution in [2.75, 3.05) is 19.7 Å². The lowest BCUT2D eigenvalue weighted by Crippen LogP contribution is -2.46. The zero-order valence-electron chi connectivity index (χ0n) is 12.5. The molecule has 0 aromatic heterocycles. The minimum Gasteiger partial charge on any atom is -0.415 e. The molecule has 0 spiro atoms. The Balaban J connectivity index is 2.55. The lowest BCUT2D eigenvalue weighted by Gasteiger charge is -2.38. The van der Waals surface area contributed by atoms with Crippen LogP contribution in [0.4, 0.5) is 0 Å². The molecule has 1 fully saturated rings. The third-order valence-corrected chi connectivity index (χ3v) is 8.82. The predicted octanol–water partition coefficient (Wildman–Crippen LogP) is 2.41. The van der Waals surface area contributed by atoms with E-state index < -0.39 is 8.32 Å². The van der Waals surface area contributed by atoms with Gasteiger partial charge < -0.3 is 15.1 Å². The number of likely N-dealkylation sites (tertiary alicyclic amines) is 1. The number of amidine groups is 1. The van der Waals surface area contributed by atoms with Crippen molar-refractivity contribution in [3.05, 3.63) is 0 Å². The van der Waals surface area contributed by atoms with Crippen LogP contribution in [0.5, 0.6) is 0 Å². The fourth-order valence-electron chi connectivity index (χ4n) is 1.97. The van der Waals surface area contributed by atoms with E-state index in [9.17, 15) is 0 Å². The van der Waals surface area contributed by atoms with E-state index in [1.54, 1.807) is 0 Å². The molecule has 1 heterocycles. The highest BCUT2D eigenvalue weighted by Crippen LogP contribution is 2.37. The maximum Gasteiger partial charge on any atom is 0.192 e. The third-order valence-electron chi connectivity index (χ3n) is 4.31. The van der Waals surface area contributed by atoms with Crippen LogP contribution in [0.15, 0.2) is 0 Å². The Morgan fingerprint density at radius 2 is 2.06 bits per heavy atom. The summed E-state index contributed by atoms with van der Waals surface area (Å²) in [6.07, 6.45) is 1.90. The van der Waals surface area contributed by atoms with Crippen LogP contribution in [0.3, 0.4) is 0 Å². The summed E-state index contributed by atoms with van der Waals surface area (Å²) < 4.78 is 6.26. The first-order chi connectivity index (χ1) is 8.19. The van der Waals surface area contributed by atoms with Gasteiger partial charge in [-0.1, -0.05) is 20.8 Å². The Morgan fingerprint density at radius 1 is 1.44 bits per heavy atom. The maximum absolute atomic E-state index is 7.92. The summed E-state index contributed by atoms with van der Waals surface area (Å²) in [5.41, 5.74) is 5.61. The van der Waals surface area contributed by atoms with E-state index in [2.05, 4.69) is 38.8 Å². The molecule has 18 heavy (non-hydrogen) atoms. The van der Waals surface area contributed by atoms with Crippen molar-refractivity contribution in [3.8, 4) is 0 Å². The molecule has 1 rings (SSSR count). The Labute approximate surface area is 113 Å². The topological polar surface area (TPSA) is 62.3 Å². The van der Waals surface area contributed by atoms with Gasteiger partial charge in [0.25, 0.3) is 0 Å². The van der Waals surface area contributed by atoms with E-state index in [0.717, 1.165) is 31.8 Å². The fourth-order valence-corrected chi connectivity index (χ4v) is 3.02. The molecule has 1 atom stereocenters. The van der Waals surface area contributed by atoms with Gasteiger partial charge in [0.15, 0.2) is 8.32 Å². The number of hydrogen-bond acceptors (Lipinski definition) is 3. The summed E-state index contributed by atoms with van der Waals surface area (Å²) in [5.74, 6) is 0.726. The highest BCUT2D eigenvalue weighted by atomic mass is 28.4. The van der Waals surface area contributed by atoms with Gasteiger partial charge in [-0.3, -0.25) is 5.41 Å². The van der Waals surface area contributed by atoms with Gasteiger partial charge in [0.2, 0.25) is 0 Å². The second-order valence-corrected chi connectivity index (χ2v) is 11.5. The number of nitrogens with zero attached hydrogens (tertiary/aromatic N) is 1. The van der Waals surface area contributed by atoms with Crippen molar-refractivity contribution in [1.82, 2.24) is 4.90 Å². The van der Waals surface area contributed by atoms with Gasteiger partial charge in [-0.05, 0) is 24.6 Å². The number of hydrogen-bond donors (Lipinski definition) is 2. The van der Waals surface area contributed by atoms with Crippen LogP contribution in [-0.2, 0) is 4.43 Å². The lowest BCUT2D eigenvalue weighted by molar-refractivity contribution is 0.196. The van der Waals surface area contributed by atoms with Crippen LogP contribution in [0.25, 0.3) is 0 Å². The van der Waals surface area contributed by atoms with Crippen LogP contribution >= 0.6 is 0 Å². The van der Waals surface area contributed by atoms with E-state index in [-0.39, 0.29) is 5.04 Å². The zero-order valence-corrected chi connectivity index (χ0v) is 13.5. The Hall–Kier alpha value is -0.393. The van der Waals surface area contributed by atoms with Crippen LogP contribution in [0.1, 0.15) is 33.6 Å². The van der Waals surface area contributed by atoms with Crippen LogP contribution in [-0.4, -0.2) is 44.8 Å². The smallest absolute Gasteiger partial charge is 0.192 e. The minimum absolute atomic E-state index is 0.248. The quantitative estimate of drug-likeness (QED) is 0.755. The highest BCUT2D eigenvalue weighted by Gasteiger charge is 2.38.